The predicted molar refractivity (Wildman–Crippen MR) is 70.1 cm³/mol. The van der Waals surface area contributed by atoms with Gasteiger partial charge in [0.2, 0.25) is 0 Å². The highest BCUT2D eigenvalue weighted by molar-refractivity contribution is 5.74. The third-order valence-electron chi connectivity index (χ3n) is 4.88. The Balaban J connectivity index is 1.92. The highest BCUT2D eigenvalue weighted by Crippen LogP contribution is 2.52. The zero-order valence-corrected chi connectivity index (χ0v) is 11.1. The summed E-state index contributed by atoms with van der Waals surface area (Å²) in [7, 11) is 1.46. The van der Waals surface area contributed by atoms with Crippen LogP contribution in [-0.2, 0) is 9.53 Å². The molecule has 0 radical (unpaired) electrons. The topological polar surface area (TPSA) is 26.3 Å². The second-order valence-electron chi connectivity index (χ2n) is 5.88. The van der Waals surface area contributed by atoms with Crippen molar-refractivity contribution < 1.29 is 13.9 Å². The third kappa shape index (κ3) is 2.26. The van der Waals surface area contributed by atoms with Gasteiger partial charge in [-0.15, -0.1) is 0 Å². The van der Waals surface area contributed by atoms with Crippen molar-refractivity contribution in [3.63, 3.8) is 0 Å². The largest absolute Gasteiger partial charge is 0.469 e. The van der Waals surface area contributed by atoms with Gasteiger partial charge in [0.1, 0.15) is 5.82 Å². The molecule has 0 saturated heterocycles. The summed E-state index contributed by atoms with van der Waals surface area (Å²) in [6.45, 7) is 0. The summed E-state index contributed by atoms with van der Waals surface area (Å²) < 4.78 is 18.1. The van der Waals surface area contributed by atoms with Crippen LogP contribution in [0.2, 0.25) is 0 Å². The van der Waals surface area contributed by atoms with Gasteiger partial charge in [-0.05, 0) is 54.7 Å². The number of benzene rings is 1. The van der Waals surface area contributed by atoms with E-state index in [2.05, 4.69) is 0 Å². The molecule has 2 aliphatic rings. The Morgan fingerprint density at radius 1 is 1.21 bits per heavy atom. The molecule has 2 saturated carbocycles. The highest BCUT2D eigenvalue weighted by atomic mass is 19.1. The molecule has 0 unspecified atom stereocenters. The molecule has 0 aromatic heterocycles. The second-order valence-corrected chi connectivity index (χ2v) is 5.88. The zero-order chi connectivity index (χ0) is 13.4. The first-order valence-electron chi connectivity index (χ1n) is 7.02. The minimum absolute atomic E-state index is 0.0470. The molecule has 0 N–H and O–H groups in total. The van der Waals surface area contributed by atoms with Crippen LogP contribution in [-0.4, -0.2) is 13.1 Å². The fraction of sp³-hybridized carbons (Fsp3) is 0.562. The maximum absolute atomic E-state index is 13.0. The zero-order valence-electron chi connectivity index (χ0n) is 11.1. The van der Waals surface area contributed by atoms with Crippen molar-refractivity contribution in [1.82, 2.24) is 0 Å². The van der Waals surface area contributed by atoms with Crippen LogP contribution in [0.4, 0.5) is 4.39 Å². The van der Waals surface area contributed by atoms with Crippen LogP contribution in [0.5, 0.6) is 0 Å². The van der Waals surface area contributed by atoms with Crippen molar-refractivity contribution in [3.05, 3.63) is 35.6 Å². The third-order valence-corrected chi connectivity index (χ3v) is 4.88. The van der Waals surface area contributed by atoms with E-state index >= 15 is 0 Å². The lowest BCUT2D eigenvalue weighted by Crippen LogP contribution is -2.33. The van der Waals surface area contributed by atoms with Crippen LogP contribution >= 0.6 is 0 Å². The number of carbonyl (C=O) groups excluding carboxylic acids is 1. The Morgan fingerprint density at radius 2 is 1.95 bits per heavy atom. The normalized spacial score (nSPS) is 33.2. The molecule has 3 rings (SSSR count). The van der Waals surface area contributed by atoms with Crippen molar-refractivity contribution in [2.45, 2.75) is 31.6 Å². The number of halogens is 1. The highest BCUT2D eigenvalue weighted by Gasteiger charge is 2.46. The summed E-state index contributed by atoms with van der Waals surface area (Å²) in [6, 6.07) is 6.61. The first-order chi connectivity index (χ1) is 9.19. The molecule has 0 amide bonds. The molecule has 0 aliphatic heterocycles. The van der Waals surface area contributed by atoms with Gasteiger partial charge < -0.3 is 4.74 Å². The molecule has 1 aromatic rings. The molecule has 0 heterocycles. The molecule has 4 atom stereocenters. The summed E-state index contributed by atoms with van der Waals surface area (Å²) in [6.07, 6.45) is 4.53. The first kappa shape index (κ1) is 12.6. The Morgan fingerprint density at radius 3 is 2.63 bits per heavy atom. The number of hydrogen-bond donors (Lipinski definition) is 0. The maximum atomic E-state index is 13.0. The van der Waals surface area contributed by atoms with Crippen LogP contribution < -0.4 is 0 Å². The van der Waals surface area contributed by atoms with E-state index in [-0.39, 0.29) is 23.6 Å². The molecule has 2 nitrogen and oxygen atoms in total. The van der Waals surface area contributed by atoms with Crippen molar-refractivity contribution in [3.8, 4) is 0 Å². The van der Waals surface area contributed by atoms with Gasteiger partial charge in [0.05, 0.1) is 13.0 Å². The number of hydrogen-bond acceptors (Lipinski definition) is 2. The quantitative estimate of drug-likeness (QED) is 0.762. The summed E-state index contributed by atoms with van der Waals surface area (Å²) >= 11 is 0. The van der Waals surface area contributed by atoms with Gasteiger partial charge in [0.25, 0.3) is 0 Å². The molecule has 2 bridgehead atoms. The fourth-order valence-corrected chi connectivity index (χ4v) is 4.03. The van der Waals surface area contributed by atoms with Crippen LogP contribution in [0.25, 0.3) is 0 Å². The maximum Gasteiger partial charge on any atom is 0.309 e. The monoisotopic (exact) mass is 262 g/mol. The number of methoxy groups -OCH3 is 1. The minimum atomic E-state index is -0.225. The molecular weight excluding hydrogens is 243 g/mol. The first-order valence-corrected chi connectivity index (χ1v) is 7.02. The lowest BCUT2D eigenvalue weighted by molar-refractivity contribution is -0.149. The average Bonchev–Trinajstić information content (AvgIpc) is 2.80. The van der Waals surface area contributed by atoms with Gasteiger partial charge in [-0.25, -0.2) is 4.39 Å². The van der Waals surface area contributed by atoms with Gasteiger partial charge in [0.15, 0.2) is 0 Å². The van der Waals surface area contributed by atoms with E-state index in [4.69, 9.17) is 4.74 Å². The van der Waals surface area contributed by atoms with E-state index in [0.717, 1.165) is 30.7 Å². The Bertz CT molecular complexity index is 468. The predicted octanol–water partition coefficient (Wildman–Crippen LogP) is 3.52. The Hall–Kier alpha value is -1.38. The van der Waals surface area contributed by atoms with E-state index in [1.54, 1.807) is 0 Å². The minimum Gasteiger partial charge on any atom is -0.469 e. The lowest BCUT2D eigenvalue weighted by atomic mass is 9.69. The molecule has 19 heavy (non-hydrogen) atoms. The van der Waals surface area contributed by atoms with Gasteiger partial charge in [-0.3, -0.25) is 4.79 Å². The number of esters is 1. The van der Waals surface area contributed by atoms with Crippen molar-refractivity contribution in [1.29, 1.82) is 0 Å². The van der Waals surface area contributed by atoms with E-state index in [1.807, 2.05) is 12.1 Å². The van der Waals surface area contributed by atoms with Crippen molar-refractivity contribution in [2.24, 2.45) is 17.8 Å². The second kappa shape index (κ2) is 4.95. The van der Waals surface area contributed by atoms with E-state index in [0.29, 0.717) is 5.92 Å². The van der Waals surface area contributed by atoms with Crippen LogP contribution in [0.3, 0.4) is 0 Å². The standard InChI is InChI=1S/C16H19FO2/c1-19-16(18)15-12-3-2-10(8-12)9-14(15)11-4-6-13(17)7-5-11/h4-7,10,12,14-15H,2-3,8-9H2,1H3/t10-,12+,14-,15-/m1/s1. The van der Waals surface area contributed by atoms with Crippen molar-refractivity contribution >= 4 is 5.97 Å². The number of rotatable bonds is 2. The summed E-state index contributed by atoms with van der Waals surface area (Å²) in [5.74, 6) is 0.993. The van der Waals surface area contributed by atoms with Gasteiger partial charge in [-0.2, -0.15) is 0 Å². The van der Waals surface area contributed by atoms with Gasteiger partial charge in [0, 0.05) is 0 Å². The molecule has 1 aromatic carbocycles. The van der Waals surface area contributed by atoms with Crippen LogP contribution in [0, 0.1) is 23.6 Å². The van der Waals surface area contributed by atoms with E-state index in [9.17, 15) is 9.18 Å². The molecule has 3 heteroatoms. The number of ether oxygens (including phenoxy) is 1. The molecule has 0 spiro atoms. The Kier molecular flexibility index (Phi) is 3.29. The lowest BCUT2D eigenvalue weighted by Gasteiger charge is -2.35. The molecule has 102 valence electrons. The van der Waals surface area contributed by atoms with Gasteiger partial charge >= 0.3 is 5.97 Å². The average molecular weight is 262 g/mol. The Labute approximate surface area is 113 Å². The number of fused-ring (bicyclic) bond motifs is 2. The molecule has 2 fully saturated rings. The van der Waals surface area contributed by atoms with Gasteiger partial charge in [-0.1, -0.05) is 18.6 Å². The molecule has 2 aliphatic carbocycles. The van der Waals surface area contributed by atoms with Crippen molar-refractivity contribution in [2.75, 3.05) is 7.11 Å². The van der Waals surface area contributed by atoms with Crippen LogP contribution in [0.15, 0.2) is 24.3 Å². The smallest absolute Gasteiger partial charge is 0.309 e. The van der Waals surface area contributed by atoms with Crippen LogP contribution in [0.1, 0.15) is 37.2 Å². The number of carbonyl (C=O) groups is 1. The van der Waals surface area contributed by atoms with E-state index in [1.165, 1.54) is 25.7 Å². The summed E-state index contributed by atoms with van der Waals surface area (Å²) in [4.78, 5) is 12.1. The summed E-state index contributed by atoms with van der Waals surface area (Å²) in [5, 5.41) is 0. The fourth-order valence-electron chi connectivity index (χ4n) is 4.03. The summed E-state index contributed by atoms with van der Waals surface area (Å²) in [5.41, 5.74) is 1.08. The SMILES string of the molecule is COC(=O)[C@@H]1[C@H]2CC[C@H](C2)C[C@@H]1c1ccc(F)cc1. The molecular formula is C16H19FO2. The van der Waals surface area contributed by atoms with E-state index < -0.39 is 0 Å².